The molecule has 3 atom stereocenters. The maximum Gasteiger partial charge on any atom is 0.309 e. The Morgan fingerprint density at radius 1 is 1.13 bits per heavy atom. The van der Waals surface area contributed by atoms with Crippen LogP contribution in [0.2, 0.25) is 10.0 Å². The molecule has 0 saturated heterocycles. The second kappa shape index (κ2) is 12.2. The molecule has 1 heterocycles. The Bertz CT molecular complexity index is 1200. The van der Waals surface area contributed by atoms with Gasteiger partial charge in [0.1, 0.15) is 0 Å². The molecule has 1 aliphatic carbocycles. The van der Waals surface area contributed by atoms with Gasteiger partial charge < -0.3 is 14.7 Å². The van der Waals surface area contributed by atoms with E-state index in [-0.39, 0.29) is 17.7 Å². The first-order valence-corrected chi connectivity index (χ1v) is 14.9. The van der Waals surface area contributed by atoms with Crippen molar-refractivity contribution in [3.8, 4) is 0 Å². The molecule has 1 aliphatic heterocycles. The number of halogens is 2. The van der Waals surface area contributed by atoms with E-state index in [1.807, 2.05) is 49.9 Å². The molecule has 4 rings (SSSR count). The Labute approximate surface area is 242 Å². The summed E-state index contributed by atoms with van der Waals surface area (Å²) in [4.78, 5) is 28.7. The molecule has 212 valence electrons. The van der Waals surface area contributed by atoms with Crippen LogP contribution >= 0.6 is 23.2 Å². The third-order valence-corrected chi connectivity index (χ3v) is 9.80. The van der Waals surface area contributed by atoms with Crippen molar-refractivity contribution < 1.29 is 19.4 Å². The van der Waals surface area contributed by atoms with Crippen molar-refractivity contribution in [2.75, 3.05) is 19.7 Å². The van der Waals surface area contributed by atoms with Gasteiger partial charge in [0.05, 0.1) is 22.6 Å². The van der Waals surface area contributed by atoms with Gasteiger partial charge in [-0.25, -0.2) is 0 Å². The Kier molecular flexibility index (Phi) is 9.35. The van der Waals surface area contributed by atoms with Gasteiger partial charge in [0, 0.05) is 30.6 Å². The van der Waals surface area contributed by atoms with Crippen molar-refractivity contribution in [2.24, 2.45) is 11.3 Å². The lowest BCUT2D eigenvalue weighted by Gasteiger charge is -2.50. The van der Waals surface area contributed by atoms with Crippen LogP contribution in [0.15, 0.2) is 36.4 Å². The van der Waals surface area contributed by atoms with Gasteiger partial charge in [-0.15, -0.1) is 0 Å². The molecule has 1 unspecified atom stereocenters. The summed E-state index contributed by atoms with van der Waals surface area (Å²) < 4.78 is 5.82. The molecule has 1 N–H and O–H groups in total. The lowest BCUT2D eigenvalue weighted by atomic mass is 9.53. The van der Waals surface area contributed by atoms with Crippen molar-refractivity contribution in [3.63, 3.8) is 0 Å². The normalized spacial score (nSPS) is 24.8. The molecular weight excluding hydrogens is 533 g/mol. The van der Waals surface area contributed by atoms with E-state index >= 15 is 0 Å². The number of amides is 1. The van der Waals surface area contributed by atoms with Gasteiger partial charge in [-0.3, -0.25) is 9.59 Å². The minimum absolute atomic E-state index is 0.0509. The van der Waals surface area contributed by atoms with Gasteiger partial charge in [0.25, 0.3) is 5.91 Å². The van der Waals surface area contributed by atoms with Gasteiger partial charge in [-0.2, -0.15) is 0 Å². The summed E-state index contributed by atoms with van der Waals surface area (Å²) in [5.74, 6) is -1.12. The Morgan fingerprint density at radius 3 is 2.51 bits per heavy atom. The number of benzene rings is 2. The van der Waals surface area contributed by atoms with Gasteiger partial charge in [-0.05, 0) is 73.1 Å². The highest BCUT2D eigenvalue weighted by molar-refractivity contribution is 6.38. The highest BCUT2D eigenvalue weighted by Crippen LogP contribution is 2.56. The minimum Gasteiger partial charge on any atom is -0.481 e. The van der Waals surface area contributed by atoms with Crippen LogP contribution in [0.4, 0.5) is 0 Å². The smallest absolute Gasteiger partial charge is 0.309 e. The summed E-state index contributed by atoms with van der Waals surface area (Å²) in [6, 6.07) is 12.0. The number of hydrogen-bond acceptors (Lipinski definition) is 3. The molecule has 2 aromatic carbocycles. The number of fused-ring (bicyclic) bond motifs is 3. The van der Waals surface area contributed by atoms with E-state index in [1.54, 1.807) is 0 Å². The average Bonchev–Trinajstić information content (AvgIpc) is 2.97. The summed E-state index contributed by atoms with van der Waals surface area (Å²) in [7, 11) is 0. The standard InChI is InChI=1S/C32H41Cl2NO4/c1-21(2)26-24(33)18-23-27(28(26)34)29(36)35(16-9-6-10-17-39-20-22-12-7-5-8-13-22)19-25-31(23,3)14-11-15-32(25,4)30(37)38/h5,7-8,12-13,18,21,25H,6,9-11,14-17,19-20H2,1-4H3,(H,37,38)/t25?,31-,32-/m1/s1. The number of carboxylic acid groups (broad SMARTS) is 1. The number of hydrogen-bond donors (Lipinski definition) is 1. The number of carboxylic acids is 1. The maximum atomic E-state index is 14.2. The first kappa shape index (κ1) is 29.9. The van der Waals surface area contributed by atoms with Crippen LogP contribution in [0, 0.1) is 11.3 Å². The number of carbonyl (C=O) groups is 2. The zero-order valence-electron chi connectivity index (χ0n) is 23.6. The molecule has 2 aliphatic rings. The summed E-state index contributed by atoms with van der Waals surface area (Å²) in [5, 5.41) is 11.3. The Balaban J connectivity index is 1.57. The first-order chi connectivity index (χ1) is 18.5. The van der Waals surface area contributed by atoms with E-state index < -0.39 is 16.8 Å². The van der Waals surface area contributed by atoms with Crippen molar-refractivity contribution in [2.45, 2.75) is 84.2 Å². The van der Waals surface area contributed by atoms with E-state index in [4.69, 9.17) is 27.9 Å². The SMILES string of the molecule is CC(C)c1c(Cl)cc2c(c1Cl)C(=O)N(CCCCCOCc1ccccc1)CC1[C@](C)(C(=O)O)CCC[C@]21C. The minimum atomic E-state index is -0.950. The van der Waals surface area contributed by atoms with E-state index in [0.717, 1.165) is 48.8 Å². The van der Waals surface area contributed by atoms with E-state index in [2.05, 4.69) is 19.1 Å². The molecule has 0 radical (unpaired) electrons. The second-order valence-corrected chi connectivity index (χ2v) is 12.8. The fraction of sp³-hybridized carbons (Fsp3) is 0.562. The molecule has 7 heteroatoms. The number of nitrogens with zero attached hydrogens (tertiary/aromatic N) is 1. The fourth-order valence-electron chi connectivity index (χ4n) is 6.78. The number of ether oxygens (including phenoxy) is 1. The van der Waals surface area contributed by atoms with Gasteiger partial charge in [-0.1, -0.05) is 80.7 Å². The summed E-state index contributed by atoms with van der Waals surface area (Å²) in [6.45, 7) is 10.2. The molecule has 2 aromatic rings. The monoisotopic (exact) mass is 573 g/mol. The Morgan fingerprint density at radius 2 is 1.85 bits per heavy atom. The van der Waals surface area contributed by atoms with Crippen molar-refractivity contribution >= 4 is 35.1 Å². The van der Waals surface area contributed by atoms with Gasteiger partial charge in [0.15, 0.2) is 0 Å². The molecule has 5 nitrogen and oxygen atoms in total. The third kappa shape index (κ3) is 5.87. The lowest BCUT2D eigenvalue weighted by molar-refractivity contribution is -0.157. The van der Waals surface area contributed by atoms with E-state index in [9.17, 15) is 14.7 Å². The zero-order valence-corrected chi connectivity index (χ0v) is 25.1. The van der Waals surface area contributed by atoms with Crippen LogP contribution in [0.3, 0.4) is 0 Å². The summed E-state index contributed by atoms with van der Waals surface area (Å²) in [5.41, 5.74) is 1.77. The van der Waals surface area contributed by atoms with Crippen LogP contribution < -0.4 is 0 Å². The first-order valence-electron chi connectivity index (χ1n) is 14.2. The average molecular weight is 575 g/mol. The van der Waals surface area contributed by atoms with Crippen LogP contribution in [0.25, 0.3) is 0 Å². The van der Waals surface area contributed by atoms with Crippen molar-refractivity contribution in [1.29, 1.82) is 0 Å². The van der Waals surface area contributed by atoms with E-state index in [1.165, 1.54) is 0 Å². The fourth-order valence-corrected chi connectivity index (χ4v) is 7.75. The number of aliphatic carboxylic acids is 1. The maximum absolute atomic E-state index is 14.2. The quantitative estimate of drug-likeness (QED) is 0.291. The largest absolute Gasteiger partial charge is 0.481 e. The molecule has 0 spiro atoms. The number of rotatable bonds is 10. The predicted molar refractivity (Wildman–Crippen MR) is 157 cm³/mol. The Hall–Kier alpha value is -2.08. The highest BCUT2D eigenvalue weighted by atomic mass is 35.5. The summed E-state index contributed by atoms with van der Waals surface area (Å²) in [6.07, 6.45) is 4.77. The molecule has 1 saturated carbocycles. The number of carbonyl (C=O) groups excluding carboxylic acids is 1. The third-order valence-electron chi connectivity index (χ3n) is 9.10. The molecular formula is C32H41Cl2NO4. The summed E-state index contributed by atoms with van der Waals surface area (Å²) >= 11 is 13.8. The second-order valence-electron chi connectivity index (χ2n) is 12.1. The molecule has 1 amide bonds. The predicted octanol–water partition coefficient (Wildman–Crippen LogP) is 8.11. The van der Waals surface area contributed by atoms with Gasteiger partial charge in [0.2, 0.25) is 0 Å². The van der Waals surface area contributed by atoms with Crippen LogP contribution in [0.1, 0.15) is 99.2 Å². The van der Waals surface area contributed by atoms with Crippen molar-refractivity contribution in [3.05, 3.63) is 68.7 Å². The van der Waals surface area contributed by atoms with Gasteiger partial charge >= 0.3 is 5.97 Å². The van der Waals surface area contributed by atoms with Crippen LogP contribution in [0.5, 0.6) is 0 Å². The lowest BCUT2D eigenvalue weighted by Crippen LogP contribution is -2.53. The molecule has 0 bridgehead atoms. The number of unbranched alkanes of at least 4 members (excludes halogenated alkanes) is 2. The van der Waals surface area contributed by atoms with Crippen LogP contribution in [-0.2, 0) is 21.6 Å². The molecule has 0 aromatic heterocycles. The zero-order chi connectivity index (χ0) is 28.4. The van der Waals surface area contributed by atoms with Crippen molar-refractivity contribution in [1.82, 2.24) is 4.90 Å². The topological polar surface area (TPSA) is 66.8 Å². The van der Waals surface area contributed by atoms with E-state index in [0.29, 0.717) is 48.3 Å². The molecule has 39 heavy (non-hydrogen) atoms. The van der Waals surface area contributed by atoms with Crippen LogP contribution in [-0.4, -0.2) is 41.6 Å². The highest BCUT2D eigenvalue weighted by Gasteiger charge is 2.57. The molecule has 1 fully saturated rings.